The van der Waals surface area contributed by atoms with Crippen molar-refractivity contribution in [1.82, 2.24) is 4.98 Å². The molecule has 0 radical (unpaired) electrons. The molecule has 18 heavy (non-hydrogen) atoms. The number of anilines is 1. The van der Waals surface area contributed by atoms with Crippen molar-refractivity contribution in [2.45, 2.75) is 13.3 Å². The third-order valence-electron chi connectivity index (χ3n) is 2.77. The minimum Gasteiger partial charge on any atom is -0.497 e. The van der Waals surface area contributed by atoms with Crippen LogP contribution < -0.4 is 10.1 Å². The molecule has 1 heterocycles. The van der Waals surface area contributed by atoms with Crippen LogP contribution in [0.2, 0.25) is 0 Å². The Balaban J connectivity index is 2.36. The molecule has 1 N–H and O–H groups in total. The zero-order valence-corrected chi connectivity index (χ0v) is 10.8. The SMILES string of the molecule is CCCNc1cnccc1-c1cccc(OC)c1. The van der Waals surface area contributed by atoms with Crippen LogP contribution in [0.1, 0.15) is 13.3 Å². The molecule has 3 heteroatoms. The number of methoxy groups -OCH3 is 1. The van der Waals surface area contributed by atoms with Crippen molar-refractivity contribution in [3.8, 4) is 16.9 Å². The van der Waals surface area contributed by atoms with Crippen LogP contribution in [-0.2, 0) is 0 Å². The lowest BCUT2D eigenvalue weighted by atomic mass is 10.1. The highest BCUT2D eigenvalue weighted by Gasteiger charge is 2.05. The van der Waals surface area contributed by atoms with Crippen molar-refractivity contribution in [2.75, 3.05) is 19.0 Å². The van der Waals surface area contributed by atoms with Gasteiger partial charge in [-0.05, 0) is 30.2 Å². The summed E-state index contributed by atoms with van der Waals surface area (Å²) in [5.41, 5.74) is 3.35. The van der Waals surface area contributed by atoms with Crippen LogP contribution in [0.4, 0.5) is 5.69 Å². The molecule has 0 spiro atoms. The minimum absolute atomic E-state index is 0.866. The van der Waals surface area contributed by atoms with Gasteiger partial charge in [-0.15, -0.1) is 0 Å². The van der Waals surface area contributed by atoms with Gasteiger partial charge in [0.25, 0.3) is 0 Å². The van der Waals surface area contributed by atoms with Crippen LogP contribution in [0.3, 0.4) is 0 Å². The van der Waals surface area contributed by atoms with E-state index in [0.29, 0.717) is 0 Å². The third kappa shape index (κ3) is 2.80. The van der Waals surface area contributed by atoms with E-state index in [2.05, 4.69) is 23.3 Å². The van der Waals surface area contributed by atoms with Crippen molar-refractivity contribution < 1.29 is 4.74 Å². The molecule has 0 bridgehead atoms. The van der Waals surface area contributed by atoms with E-state index in [-0.39, 0.29) is 0 Å². The number of benzene rings is 1. The Kier molecular flexibility index (Phi) is 4.18. The molecule has 0 aliphatic rings. The third-order valence-corrected chi connectivity index (χ3v) is 2.77. The van der Waals surface area contributed by atoms with Crippen molar-refractivity contribution in [3.05, 3.63) is 42.7 Å². The van der Waals surface area contributed by atoms with Crippen LogP contribution in [0.15, 0.2) is 42.7 Å². The Morgan fingerprint density at radius 2 is 2.17 bits per heavy atom. The Hall–Kier alpha value is -2.03. The first-order valence-corrected chi connectivity index (χ1v) is 6.17. The summed E-state index contributed by atoms with van der Waals surface area (Å²) in [6, 6.07) is 10.1. The number of pyridine rings is 1. The number of rotatable bonds is 5. The van der Waals surface area contributed by atoms with Gasteiger partial charge in [0, 0.05) is 18.3 Å². The maximum Gasteiger partial charge on any atom is 0.119 e. The summed E-state index contributed by atoms with van der Waals surface area (Å²) in [6.45, 7) is 3.09. The van der Waals surface area contributed by atoms with E-state index >= 15 is 0 Å². The van der Waals surface area contributed by atoms with Crippen LogP contribution in [0.5, 0.6) is 5.75 Å². The molecule has 3 nitrogen and oxygen atoms in total. The fourth-order valence-electron chi connectivity index (χ4n) is 1.84. The van der Waals surface area contributed by atoms with Crippen molar-refractivity contribution in [3.63, 3.8) is 0 Å². The van der Waals surface area contributed by atoms with Crippen molar-refractivity contribution >= 4 is 5.69 Å². The van der Waals surface area contributed by atoms with Gasteiger partial charge in [-0.2, -0.15) is 0 Å². The highest BCUT2D eigenvalue weighted by atomic mass is 16.5. The van der Waals surface area contributed by atoms with E-state index in [0.717, 1.165) is 35.5 Å². The highest BCUT2D eigenvalue weighted by Crippen LogP contribution is 2.29. The molecule has 0 fully saturated rings. The lowest BCUT2D eigenvalue weighted by Crippen LogP contribution is -2.01. The first-order valence-electron chi connectivity index (χ1n) is 6.17. The Morgan fingerprint density at radius 3 is 2.94 bits per heavy atom. The lowest BCUT2D eigenvalue weighted by Gasteiger charge is -2.11. The number of nitrogens with one attached hydrogen (secondary N) is 1. The van der Waals surface area contributed by atoms with E-state index in [1.54, 1.807) is 7.11 Å². The molecule has 2 rings (SSSR count). The quantitative estimate of drug-likeness (QED) is 0.870. The lowest BCUT2D eigenvalue weighted by molar-refractivity contribution is 0.415. The predicted octanol–water partition coefficient (Wildman–Crippen LogP) is 3.58. The Labute approximate surface area is 108 Å². The summed E-state index contributed by atoms with van der Waals surface area (Å²) in [7, 11) is 1.68. The smallest absolute Gasteiger partial charge is 0.119 e. The predicted molar refractivity (Wildman–Crippen MR) is 75.0 cm³/mol. The average Bonchev–Trinajstić information content (AvgIpc) is 2.45. The fraction of sp³-hybridized carbons (Fsp3) is 0.267. The van der Waals surface area contributed by atoms with Gasteiger partial charge in [-0.25, -0.2) is 0 Å². The summed E-state index contributed by atoms with van der Waals surface area (Å²) >= 11 is 0. The van der Waals surface area contributed by atoms with Crippen LogP contribution >= 0.6 is 0 Å². The van der Waals surface area contributed by atoms with E-state index in [9.17, 15) is 0 Å². The second kappa shape index (κ2) is 6.05. The zero-order chi connectivity index (χ0) is 12.8. The van der Waals surface area contributed by atoms with Gasteiger partial charge in [-0.3, -0.25) is 4.98 Å². The maximum atomic E-state index is 5.26. The zero-order valence-electron chi connectivity index (χ0n) is 10.8. The van der Waals surface area contributed by atoms with Gasteiger partial charge >= 0.3 is 0 Å². The number of hydrogen-bond acceptors (Lipinski definition) is 3. The van der Waals surface area contributed by atoms with Gasteiger partial charge in [0.05, 0.1) is 19.0 Å². The van der Waals surface area contributed by atoms with Gasteiger partial charge in [0.15, 0.2) is 0 Å². The second-order valence-corrected chi connectivity index (χ2v) is 4.08. The molecule has 0 unspecified atom stereocenters. The normalized spacial score (nSPS) is 10.1. The molecule has 0 saturated heterocycles. The summed E-state index contributed by atoms with van der Waals surface area (Å²) in [4.78, 5) is 4.17. The largest absolute Gasteiger partial charge is 0.497 e. The molecular weight excluding hydrogens is 224 g/mol. The second-order valence-electron chi connectivity index (χ2n) is 4.08. The Morgan fingerprint density at radius 1 is 1.28 bits per heavy atom. The van der Waals surface area contributed by atoms with E-state index < -0.39 is 0 Å². The molecule has 1 aromatic heterocycles. The van der Waals surface area contributed by atoms with E-state index in [1.165, 1.54) is 0 Å². The number of nitrogens with zero attached hydrogens (tertiary/aromatic N) is 1. The number of hydrogen-bond donors (Lipinski definition) is 1. The molecular formula is C15H18N2O. The molecule has 2 aromatic rings. The molecule has 0 aliphatic heterocycles. The standard InChI is InChI=1S/C15H18N2O/c1-3-8-17-15-11-16-9-7-14(15)12-5-4-6-13(10-12)18-2/h4-7,9-11,17H,3,8H2,1-2H3. The van der Waals surface area contributed by atoms with Crippen molar-refractivity contribution in [1.29, 1.82) is 0 Å². The van der Waals surface area contributed by atoms with Crippen LogP contribution in [0.25, 0.3) is 11.1 Å². The van der Waals surface area contributed by atoms with Gasteiger partial charge in [-0.1, -0.05) is 19.1 Å². The summed E-state index contributed by atoms with van der Waals surface area (Å²) < 4.78 is 5.26. The van der Waals surface area contributed by atoms with Crippen LogP contribution in [-0.4, -0.2) is 18.6 Å². The first-order chi connectivity index (χ1) is 8.85. The molecule has 94 valence electrons. The molecule has 0 atom stereocenters. The maximum absolute atomic E-state index is 5.26. The summed E-state index contributed by atoms with van der Waals surface area (Å²) in [6.07, 6.45) is 4.77. The highest BCUT2D eigenvalue weighted by molar-refractivity contribution is 5.77. The number of aromatic nitrogens is 1. The molecule has 1 aromatic carbocycles. The van der Waals surface area contributed by atoms with Gasteiger partial charge < -0.3 is 10.1 Å². The van der Waals surface area contributed by atoms with Crippen molar-refractivity contribution in [2.24, 2.45) is 0 Å². The summed E-state index contributed by atoms with van der Waals surface area (Å²) in [5, 5.41) is 3.40. The monoisotopic (exact) mass is 242 g/mol. The molecule has 0 amide bonds. The first kappa shape index (κ1) is 12.4. The molecule has 0 saturated carbocycles. The minimum atomic E-state index is 0.866. The molecule has 0 aliphatic carbocycles. The van der Waals surface area contributed by atoms with E-state index in [4.69, 9.17) is 4.74 Å². The van der Waals surface area contributed by atoms with Gasteiger partial charge in [0.2, 0.25) is 0 Å². The van der Waals surface area contributed by atoms with Crippen LogP contribution in [0, 0.1) is 0 Å². The fourth-order valence-corrected chi connectivity index (χ4v) is 1.84. The van der Waals surface area contributed by atoms with E-state index in [1.807, 2.05) is 36.7 Å². The average molecular weight is 242 g/mol. The topological polar surface area (TPSA) is 34.2 Å². The summed E-state index contributed by atoms with van der Waals surface area (Å²) in [5.74, 6) is 0.866. The Bertz CT molecular complexity index is 511. The number of ether oxygens (including phenoxy) is 1. The van der Waals surface area contributed by atoms with Gasteiger partial charge in [0.1, 0.15) is 5.75 Å².